The number of amides is 3. The molecule has 3 heterocycles. The molecule has 10 heteroatoms. The zero-order valence-electron chi connectivity index (χ0n) is 26.4. The van der Waals surface area contributed by atoms with Gasteiger partial charge in [0.05, 0.1) is 35.8 Å². The van der Waals surface area contributed by atoms with Gasteiger partial charge in [-0.05, 0) is 88.1 Å². The van der Waals surface area contributed by atoms with E-state index in [2.05, 4.69) is 29.4 Å². The summed E-state index contributed by atoms with van der Waals surface area (Å²) in [5.41, 5.74) is 2.37. The van der Waals surface area contributed by atoms with Crippen LogP contribution in [-0.2, 0) is 14.4 Å². The Morgan fingerprint density at radius 1 is 1.02 bits per heavy atom. The van der Waals surface area contributed by atoms with Crippen molar-refractivity contribution in [1.82, 2.24) is 4.90 Å². The number of anilines is 3. The largest absolute Gasteiger partial charge is 0.494 e. The summed E-state index contributed by atoms with van der Waals surface area (Å²) in [6.07, 6.45) is 2.16. The van der Waals surface area contributed by atoms with Gasteiger partial charge >= 0.3 is 0 Å². The van der Waals surface area contributed by atoms with Crippen molar-refractivity contribution in [2.45, 2.75) is 76.0 Å². The SMILES string of the molecule is CCOc1ccc(NC(=O)[C@@H]2[C@H]3C(=O)N([C@@H](CO)[C@@H](C)CC)C(C(=O)Nc4ccc(N(CC)CC)cc4)C34CC[C@H]2S4)cc1. The number of likely N-dealkylation sites (tertiary alicyclic amines) is 1. The zero-order valence-corrected chi connectivity index (χ0v) is 27.2. The van der Waals surface area contributed by atoms with Gasteiger partial charge in [0, 0.05) is 35.4 Å². The number of aliphatic hydroxyl groups excluding tert-OH is 1. The molecule has 3 fully saturated rings. The first-order chi connectivity index (χ1) is 21.2. The van der Waals surface area contributed by atoms with E-state index in [1.54, 1.807) is 28.8 Å². The normalized spacial score (nSPS) is 26.7. The number of ether oxygens (including phenoxy) is 1. The summed E-state index contributed by atoms with van der Waals surface area (Å²) in [4.78, 5) is 46.5. The highest BCUT2D eigenvalue weighted by atomic mass is 32.2. The van der Waals surface area contributed by atoms with Crippen LogP contribution in [0.4, 0.5) is 17.1 Å². The van der Waals surface area contributed by atoms with Crippen LogP contribution in [0.25, 0.3) is 0 Å². The van der Waals surface area contributed by atoms with Crippen molar-refractivity contribution in [2.75, 3.05) is 41.8 Å². The van der Waals surface area contributed by atoms with Crippen molar-refractivity contribution < 1.29 is 24.2 Å². The van der Waals surface area contributed by atoms with E-state index in [0.29, 0.717) is 24.4 Å². The standard InChI is InChI=1S/C34H46N4O5S/c1-6-21(5)26(20-39)38-30(32(41)36-22-10-14-24(15-11-22)37(7-2)8-3)34-19-18-27(44-34)28(29(34)33(38)42)31(40)35-23-12-16-25(17-13-23)43-9-4/h10-17,21,26-30,39H,6-9,18-20H2,1-5H3,(H,35,40)(H,36,41)/t21-,26-,27+,28-,29-,30?,34?/m0/s1. The van der Waals surface area contributed by atoms with Crippen LogP contribution in [0.1, 0.15) is 53.9 Å². The molecule has 9 nitrogen and oxygen atoms in total. The fourth-order valence-corrected chi connectivity index (χ4v) is 9.65. The van der Waals surface area contributed by atoms with Crippen LogP contribution in [0.3, 0.4) is 0 Å². The summed E-state index contributed by atoms with van der Waals surface area (Å²) in [6, 6.07) is 13.7. The minimum Gasteiger partial charge on any atom is -0.494 e. The van der Waals surface area contributed by atoms with Crippen LogP contribution in [0.15, 0.2) is 48.5 Å². The van der Waals surface area contributed by atoms with Gasteiger partial charge in [-0.1, -0.05) is 20.3 Å². The maximum Gasteiger partial charge on any atom is 0.248 e. The van der Waals surface area contributed by atoms with Crippen LogP contribution < -0.4 is 20.3 Å². The highest BCUT2D eigenvalue weighted by molar-refractivity contribution is 8.02. The number of nitrogens with one attached hydrogen (secondary N) is 2. The van der Waals surface area contributed by atoms with Gasteiger partial charge in [-0.3, -0.25) is 14.4 Å². The van der Waals surface area contributed by atoms with E-state index in [1.807, 2.05) is 57.2 Å². The zero-order chi connectivity index (χ0) is 31.6. The second kappa shape index (κ2) is 13.4. The number of thioether (sulfide) groups is 1. The Labute approximate surface area is 265 Å². The van der Waals surface area contributed by atoms with Crippen molar-refractivity contribution in [2.24, 2.45) is 17.8 Å². The summed E-state index contributed by atoms with van der Waals surface area (Å²) in [5, 5.41) is 16.6. The molecule has 0 saturated carbocycles. The van der Waals surface area contributed by atoms with Crippen LogP contribution in [0, 0.1) is 17.8 Å². The molecule has 5 rings (SSSR count). The molecule has 3 amide bonds. The quantitative estimate of drug-likeness (QED) is 0.288. The van der Waals surface area contributed by atoms with Crippen molar-refractivity contribution in [3.8, 4) is 5.75 Å². The maximum absolute atomic E-state index is 14.4. The highest BCUT2D eigenvalue weighted by Gasteiger charge is 2.74. The monoisotopic (exact) mass is 622 g/mol. The number of fused-ring (bicyclic) bond motifs is 1. The lowest BCUT2D eigenvalue weighted by atomic mass is 9.70. The molecule has 2 aromatic rings. The number of rotatable bonds is 13. The molecule has 238 valence electrons. The number of benzene rings is 2. The third kappa shape index (κ3) is 5.67. The van der Waals surface area contributed by atoms with Gasteiger partial charge in [0.25, 0.3) is 0 Å². The summed E-state index contributed by atoms with van der Waals surface area (Å²) >= 11 is 1.63. The molecule has 0 radical (unpaired) electrons. The Morgan fingerprint density at radius 3 is 2.20 bits per heavy atom. The van der Waals surface area contributed by atoms with Crippen molar-refractivity contribution >= 4 is 46.5 Å². The molecule has 2 aromatic carbocycles. The first kappa shape index (κ1) is 32.2. The van der Waals surface area contributed by atoms with Crippen molar-refractivity contribution in [3.05, 3.63) is 48.5 Å². The minimum absolute atomic E-state index is 0.0267. The average molecular weight is 623 g/mol. The second-order valence-electron chi connectivity index (χ2n) is 12.1. The topological polar surface area (TPSA) is 111 Å². The lowest BCUT2D eigenvalue weighted by Gasteiger charge is -2.39. The van der Waals surface area contributed by atoms with Gasteiger partial charge in [-0.2, -0.15) is 0 Å². The van der Waals surface area contributed by atoms with Gasteiger partial charge in [0.15, 0.2) is 0 Å². The molecule has 2 bridgehead atoms. The molecular weight excluding hydrogens is 576 g/mol. The number of hydrogen-bond donors (Lipinski definition) is 3. The second-order valence-corrected chi connectivity index (χ2v) is 13.7. The Bertz CT molecular complexity index is 1330. The van der Waals surface area contributed by atoms with Gasteiger partial charge < -0.3 is 30.3 Å². The van der Waals surface area contributed by atoms with Crippen molar-refractivity contribution in [1.29, 1.82) is 0 Å². The number of nitrogens with zero attached hydrogens (tertiary/aromatic N) is 2. The number of carbonyl (C=O) groups is 3. The number of aliphatic hydroxyl groups is 1. The predicted molar refractivity (Wildman–Crippen MR) is 176 cm³/mol. The molecule has 0 aromatic heterocycles. The first-order valence-corrected chi connectivity index (χ1v) is 16.9. The molecule has 44 heavy (non-hydrogen) atoms. The van der Waals surface area contributed by atoms with E-state index in [-0.39, 0.29) is 35.5 Å². The first-order valence-electron chi connectivity index (χ1n) is 16.0. The highest BCUT2D eigenvalue weighted by Crippen LogP contribution is 2.67. The van der Waals surface area contributed by atoms with Crippen LogP contribution >= 0.6 is 11.8 Å². The molecule has 7 atom stereocenters. The fraction of sp³-hybridized carbons (Fsp3) is 0.559. The summed E-state index contributed by atoms with van der Waals surface area (Å²) in [6.45, 7) is 12.2. The summed E-state index contributed by atoms with van der Waals surface area (Å²) < 4.78 is 4.78. The Hall–Kier alpha value is -3.24. The van der Waals surface area contributed by atoms with Gasteiger partial charge in [0.2, 0.25) is 17.7 Å². The molecular formula is C34H46N4O5S. The summed E-state index contributed by atoms with van der Waals surface area (Å²) in [7, 11) is 0. The van der Waals surface area contributed by atoms with E-state index in [0.717, 1.165) is 37.4 Å². The molecule has 0 aliphatic carbocycles. The summed E-state index contributed by atoms with van der Waals surface area (Å²) in [5.74, 6) is -1.20. The Balaban J connectivity index is 1.45. The van der Waals surface area contributed by atoms with Crippen LogP contribution in [0.2, 0.25) is 0 Å². The van der Waals surface area contributed by atoms with Crippen LogP contribution in [-0.4, -0.2) is 76.1 Å². The molecule has 3 N–H and O–H groups in total. The Kier molecular flexibility index (Phi) is 9.80. The van der Waals surface area contributed by atoms with E-state index in [4.69, 9.17) is 4.74 Å². The van der Waals surface area contributed by atoms with Gasteiger partial charge in [-0.15, -0.1) is 11.8 Å². The molecule has 2 unspecified atom stereocenters. The third-order valence-electron chi connectivity index (χ3n) is 9.83. The lowest BCUT2D eigenvalue weighted by Crippen LogP contribution is -2.56. The number of hydrogen-bond acceptors (Lipinski definition) is 7. The molecule has 1 spiro atoms. The van der Waals surface area contributed by atoms with Crippen LogP contribution in [0.5, 0.6) is 5.75 Å². The molecule has 3 aliphatic rings. The molecule has 3 saturated heterocycles. The molecule has 3 aliphatic heterocycles. The Morgan fingerprint density at radius 2 is 1.64 bits per heavy atom. The van der Waals surface area contributed by atoms with Gasteiger partial charge in [-0.25, -0.2) is 0 Å². The average Bonchev–Trinajstić information content (AvgIpc) is 3.67. The van der Waals surface area contributed by atoms with Crippen molar-refractivity contribution in [3.63, 3.8) is 0 Å². The van der Waals surface area contributed by atoms with E-state index in [9.17, 15) is 19.5 Å². The van der Waals surface area contributed by atoms with E-state index < -0.39 is 28.7 Å². The lowest BCUT2D eigenvalue weighted by molar-refractivity contribution is -0.142. The smallest absolute Gasteiger partial charge is 0.248 e. The van der Waals surface area contributed by atoms with E-state index in [1.165, 1.54) is 0 Å². The minimum atomic E-state index is -0.799. The maximum atomic E-state index is 14.4. The predicted octanol–water partition coefficient (Wildman–Crippen LogP) is 5.01. The fourth-order valence-electron chi connectivity index (χ4n) is 7.44. The third-order valence-corrected chi connectivity index (χ3v) is 11.8. The van der Waals surface area contributed by atoms with Gasteiger partial charge in [0.1, 0.15) is 11.8 Å². The van der Waals surface area contributed by atoms with E-state index >= 15 is 0 Å². The number of carbonyl (C=O) groups excluding carboxylic acids is 3.